The normalized spacial score (nSPS) is 26.0. The second-order valence-electron chi connectivity index (χ2n) is 7.81. The van der Waals surface area contributed by atoms with Gasteiger partial charge >= 0.3 is 0 Å². The number of fused-ring (bicyclic) bond motifs is 1. The second-order valence-corrected chi connectivity index (χ2v) is 7.81. The molecule has 1 saturated heterocycles. The highest BCUT2D eigenvalue weighted by molar-refractivity contribution is 5.79. The number of aromatic nitrogens is 3. The summed E-state index contributed by atoms with van der Waals surface area (Å²) in [5.74, 6) is 2.84. The molecular weight excluding hydrogens is 300 g/mol. The first-order valence-corrected chi connectivity index (χ1v) is 10.1. The summed E-state index contributed by atoms with van der Waals surface area (Å²) < 4.78 is 2.33. The summed E-state index contributed by atoms with van der Waals surface area (Å²) in [7, 11) is 0. The van der Waals surface area contributed by atoms with Crippen molar-refractivity contribution in [2.45, 2.75) is 89.6 Å². The fourth-order valence-corrected chi connectivity index (χ4v) is 4.81. The summed E-state index contributed by atoms with van der Waals surface area (Å²) >= 11 is 0. The van der Waals surface area contributed by atoms with Crippen molar-refractivity contribution in [2.24, 2.45) is 5.92 Å². The van der Waals surface area contributed by atoms with Gasteiger partial charge in [-0.3, -0.25) is 4.79 Å². The molecule has 0 spiro atoms. The standard InChI is InChI=1S/C19H30N4O/c24-19(15-9-4-1-2-5-10-15)22-14-8-11-16(22)18-21-20-17-12-6-3-7-13-23(17)18/h15-16H,1-14H2/t16-/m0/s1. The zero-order chi connectivity index (χ0) is 16.4. The summed E-state index contributed by atoms with van der Waals surface area (Å²) in [6.07, 6.45) is 14.1. The fourth-order valence-electron chi connectivity index (χ4n) is 4.81. The third-order valence-corrected chi connectivity index (χ3v) is 6.18. The van der Waals surface area contributed by atoms with E-state index in [9.17, 15) is 4.79 Å². The molecule has 1 aromatic heterocycles. The van der Waals surface area contributed by atoms with Crippen LogP contribution in [0.3, 0.4) is 0 Å². The van der Waals surface area contributed by atoms with Crippen LogP contribution in [0.1, 0.15) is 88.3 Å². The Kier molecular flexibility index (Phi) is 4.86. The summed E-state index contributed by atoms with van der Waals surface area (Å²) in [6.45, 7) is 1.93. The molecule has 5 nitrogen and oxygen atoms in total. The molecule has 1 aromatic rings. The molecule has 0 unspecified atom stereocenters. The largest absolute Gasteiger partial charge is 0.332 e. The lowest BCUT2D eigenvalue weighted by Crippen LogP contribution is -2.36. The minimum atomic E-state index is 0.167. The van der Waals surface area contributed by atoms with Gasteiger partial charge in [-0.1, -0.05) is 32.1 Å². The Hall–Kier alpha value is -1.39. The highest BCUT2D eigenvalue weighted by Gasteiger charge is 2.37. The molecule has 1 atom stereocenters. The molecule has 3 aliphatic rings. The van der Waals surface area contributed by atoms with E-state index in [-0.39, 0.29) is 12.0 Å². The van der Waals surface area contributed by atoms with Crippen LogP contribution in [-0.2, 0) is 17.8 Å². The predicted octanol–water partition coefficient (Wildman–Crippen LogP) is 3.64. The van der Waals surface area contributed by atoms with Gasteiger partial charge in [0.2, 0.25) is 5.91 Å². The number of nitrogens with zero attached hydrogens (tertiary/aromatic N) is 4. The lowest BCUT2D eigenvalue weighted by Gasteiger charge is -2.28. The first-order valence-electron chi connectivity index (χ1n) is 10.1. The van der Waals surface area contributed by atoms with Crippen LogP contribution in [0, 0.1) is 5.92 Å². The molecule has 5 heteroatoms. The molecule has 132 valence electrons. The maximum absolute atomic E-state index is 13.2. The Bertz CT molecular complexity index is 574. The van der Waals surface area contributed by atoms with E-state index < -0.39 is 0 Å². The summed E-state index contributed by atoms with van der Waals surface area (Å²) in [5, 5.41) is 8.99. The van der Waals surface area contributed by atoms with Gasteiger partial charge in [0.1, 0.15) is 5.82 Å². The molecule has 3 heterocycles. The molecule has 1 aliphatic carbocycles. The maximum Gasteiger partial charge on any atom is 0.226 e. The lowest BCUT2D eigenvalue weighted by molar-refractivity contribution is -0.137. The van der Waals surface area contributed by atoms with Crippen molar-refractivity contribution < 1.29 is 4.79 Å². The molecule has 24 heavy (non-hydrogen) atoms. The summed E-state index contributed by atoms with van der Waals surface area (Å²) in [4.78, 5) is 15.3. The quantitative estimate of drug-likeness (QED) is 0.778. The van der Waals surface area contributed by atoms with E-state index in [0.29, 0.717) is 5.91 Å². The number of hydrogen-bond donors (Lipinski definition) is 0. The smallest absolute Gasteiger partial charge is 0.226 e. The zero-order valence-electron chi connectivity index (χ0n) is 14.8. The third kappa shape index (κ3) is 3.09. The van der Waals surface area contributed by atoms with E-state index in [0.717, 1.165) is 56.8 Å². The number of carbonyl (C=O) groups excluding carboxylic acids is 1. The third-order valence-electron chi connectivity index (χ3n) is 6.18. The van der Waals surface area contributed by atoms with Crippen LogP contribution in [-0.4, -0.2) is 32.1 Å². The van der Waals surface area contributed by atoms with Gasteiger partial charge in [-0.15, -0.1) is 10.2 Å². The van der Waals surface area contributed by atoms with Crippen LogP contribution in [0.25, 0.3) is 0 Å². The molecule has 0 radical (unpaired) electrons. The van der Waals surface area contributed by atoms with Gasteiger partial charge in [0, 0.05) is 25.4 Å². The van der Waals surface area contributed by atoms with Crippen LogP contribution >= 0.6 is 0 Å². The van der Waals surface area contributed by atoms with Crippen LogP contribution in [0.15, 0.2) is 0 Å². The van der Waals surface area contributed by atoms with Gasteiger partial charge in [-0.05, 0) is 38.5 Å². The van der Waals surface area contributed by atoms with Crippen molar-refractivity contribution in [3.05, 3.63) is 11.6 Å². The van der Waals surface area contributed by atoms with Gasteiger partial charge in [0.05, 0.1) is 6.04 Å². The molecule has 1 amide bonds. The highest BCUT2D eigenvalue weighted by atomic mass is 16.2. The van der Waals surface area contributed by atoms with Gasteiger partial charge in [-0.25, -0.2) is 0 Å². The van der Waals surface area contributed by atoms with Crippen LogP contribution in [0.5, 0.6) is 0 Å². The van der Waals surface area contributed by atoms with E-state index in [4.69, 9.17) is 0 Å². The minimum absolute atomic E-state index is 0.167. The van der Waals surface area contributed by atoms with E-state index in [2.05, 4.69) is 19.7 Å². The van der Waals surface area contributed by atoms with Crippen molar-refractivity contribution in [1.29, 1.82) is 0 Å². The number of rotatable bonds is 2. The molecule has 0 aromatic carbocycles. The molecule has 0 bridgehead atoms. The van der Waals surface area contributed by atoms with Crippen LogP contribution in [0.4, 0.5) is 0 Å². The van der Waals surface area contributed by atoms with Gasteiger partial charge in [0.25, 0.3) is 0 Å². The Balaban J connectivity index is 1.54. The van der Waals surface area contributed by atoms with Crippen molar-refractivity contribution in [1.82, 2.24) is 19.7 Å². The van der Waals surface area contributed by atoms with Crippen molar-refractivity contribution in [3.63, 3.8) is 0 Å². The maximum atomic E-state index is 13.2. The average Bonchev–Trinajstić information content (AvgIpc) is 3.03. The van der Waals surface area contributed by atoms with Gasteiger partial charge in [0.15, 0.2) is 5.82 Å². The van der Waals surface area contributed by atoms with E-state index >= 15 is 0 Å². The topological polar surface area (TPSA) is 51.0 Å². The van der Waals surface area contributed by atoms with E-state index in [1.807, 2.05) is 0 Å². The monoisotopic (exact) mass is 330 g/mol. The number of likely N-dealkylation sites (tertiary alicyclic amines) is 1. The Morgan fingerprint density at radius 1 is 0.833 bits per heavy atom. The second kappa shape index (κ2) is 7.24. The number of amides is 1. The number of hydrogen-bond acceptors (Lipinski definition) is 3. The molecule has 2 fully saturated rings. The molecule has 2 aliphatic heterocycles. The Morgan fingerprint density at radius 3 is 2.46 bits per heavy atom. The minimum Gasteiger partial charge on any atom is -0.332 e. The molecule has 1 saturated carbocycles. The van der Waals surface area contributed by atoms with Gasteiger partial charge in [-0.2, -0.15) is 0 Å². The summed E-state index contributed by atoms with van der Waals surface area (Å²) in [6, 6.07) is 0.167. The van der Waals surface area contributed by atoms with Crippen molar-refractivity contribution >= 4 is 5.91 Å². The molecule has 0 N–H and O–H groups in total. The van der Waals surface area contributed by atoms with Crippen molar-refractivity contribution in [2.75, 3.05) is 6.54 Å². The van der Waals surface area contributed by atoms with Crippen LogP contribution < -0.4 is 0 Å². The summed E-state index contributed by atoms with van der Waals surface area (Å²) in [5.41, 5.74) is 0. The number of carbonyl (C=O) groups is 1. The zero-order valence-corrected chi connectivity index (χ0v) is 14.8. The van der Waals surface area contributed by atoms with Gasteiger partial charge < -0.3 is 9.47 Å². The fraction of sp³-hybridized carbons (Fsp3) is 0.842. The number of aryl methyl sites for hydroxylation is 1. The predicted molar refractivity (Wildman–Crippen MR) is 92.5 cm³/mol. The highest BCUT2D eigenvalue weighted by Crippen LogP contribution is 2.35. The van der Waals surface area contributed by atoms with E-state index in [1.165, 1.54) is 44.9 Å². The lowest BCUT2D eigenvalue weighted by atomic mass is 9.98. The van der Waals surface area contributed by atoms with Crippen molar-refractivity contribution in [3.8, 4) is 0 Å². The first kappa shape index (κ1) is 16.1. The first-order chi connectivity index (χ1) is 11.8. The Morgan fingerprint density at radius 2 is 1.62 bits per heavy atom. The Labute approximate surface area is 144 Å². The van der Waals surface area contributed by atoms with E-state index in [1.54, 1.807) is 0 Å². The SMILES string of the molecule is O=C(C1CCCCCC1)N1CCC[C@H]1c1nnc2n1CCCCC2. The molecule has 4 rings (SSSR count). The average molecular weight is 330 g/mol. The van der Waals surface area contributed by atoms with Crippen LogP contribution in [0.2, 0.25) is 0 Å². The molecular formula is C19H30N4O.